The van der Waals surface area contributed by atoms with Crippen molar-refractivity contribution in [1.82, 2.24) is 19.5 Å². The van der Waals surface area contributed by atoms with E-state index in [2.05, 4.69) is 0 Å². The normalized spacial score (nSPS) is 14.1. The number of amides is 1. The average Bonchev–Trinajstić information content (AvgIpc) is 3.37. The van der Waals surface area contributed by atoms with Crippen LogP contribution < -0.4 is 4.74 Å². The number of fused-ring (bicyclic) bond motifs is 1. The van der Waals surface area contributed by atoms with Crippen LogP contribution in [0.4, 0.5) is 0 Å². The van der Waals surface area contributed by atoms with Gasteiger partial charge in [-0.1, -0.05) is 42.5 Å². The lowest BCUT2D eigenvalue weighted by Crippen LogP contribution is -2.41. The Labute approximate surface area is 209 Å². The molecular formula is C28H28N4O4. The molecule has 0 aliphatic carbocycles. The second kappa shape index (κ2) is 10.2. The Morgan fingerprint density at radius 2 is 1.69 bits per heavy atom. The Kier molecular flexibility index (Phi) is 6.66. The number of hydrogen-bond donors (Lipinski definition) is 0. The van der Waals surface area contributed by atoms with E-state index in [9.17, 15) is 9.59 Å². The van der Waals surface area contributed by atoms with Crippen molar-refractivity contribution in [1.29, 1.82) is 0 Å². The van der Waals surface area contributed by atoms with Crippen LogP contribution in [0.3, 0.4) is 0 Å². The number of hydrogen-bond acceptors (Lipinski definition) is 6. The maximum absolute atomic E-state index is 13.8. The fourth-order valence-electron chi connectivity index (χ4n) is 4.55. The molecule has 0 saturated carbocycles. The first kappa shape index (κ1) is 23.5. The summed E-state index contributed by atoms with van der Waals surface area (Å²) >= 11 is 0. The monoisotopic (exact) mass is 484 g/mol. The molecule has 1 aliphatic heterocycles. The van der Waals surface area contributed by atoms with Gasteiger partial charge in [0.25, 0.3) is 5.91 Å². The molecule has 5 rings (SSSR count). The van der Waals surface area contributed by atoms with Crippen LogP contribution >= 0.6 is 0 Å². The van der Waals surface area contributed by atoms with E-state index in [-0.39, 0.29) is 17.8 Å². The predicted molar refractivity (Wildman–Crippen MR) is 136 cm³/mol. The van der Waals surface area contributed by atoms with Crippen molar-refractivity contribution >= 4 is 17.5 Å². The van der Waals surface area contributed by atoms with Gasteiger partial charge in [0.2, 0.25) is 0 Å². The number of ether oxygens (including phenoxy) is 2. The molecule has 0 unspecified atom stereocenters. The van der Waals surface area contributed by atoms with Gasteiger partial charge in [-0.25, -0.2) is 9.50 Å². The molecule has 1 amide bonds. The van der Waals surface area contributed by atoms with Crippen molar-refractivity contribution in [2.45, 2.75) is 19.8 Å². The third-order valence-electron chi connectivity index (χ3n) is 6.48. The van der Waals surface area contributed by atoms with Gasteiger partial charge in [-0.3, -0.25) is 9.59 Å². The minimum Gasteiger partial charge on any atom is -0.497 e. The summed E-state index contributed by atoms with van der Waals surface area (Å²) in [7, 11) is 1.62. The lowest BCUT2D eigenvalue weighted by atomic mass is 9.96. The van der Waals surface area contributed by atoms with Crippen molar-refractivity contribution in [2.75, 3.05) is 26.8 Å². The summed E-state index contributed by atoms with van der Waals surface area (Å²) in [5.74, 6) is 0.210. The number of likely N-dealkylation sites (tertiary alicyclic amines) is 1. The third kappa shape index (κ3) is 4.66. The third-order valence-corrected chi connectivity index (χ3v) is 6.48. The zero-order valence-corrected chi connectivity index (χ0v) is 20.4. The van der Waals surface area contributed by atoms with Gasteiger partial charge in [-0.2, -0.15) is 5.10 Å². The number of aromatic nitrogens is 3. The van der Waals surface area contributed by atoms with Crippen molar-refractivity contribution in [2.24, 2.45) is 5.92 Å². The first-order valence-electron chi connectivity index (χ1n) is 12.1. The number of methoxy groups -OCH3 is 1. The summed E-state index contributed by atoms with van der Waals surface area (Å²) < 4.78 is 12.2. The molecule has 1 fully saturated rings. The van der Waals surface area contributed by atoms with Crippen molar-refractivity contribution in [3.63, 3.8) is 0 Å². The highest BCUT2D eigenvalue weighted by atomic mass is 16.5. The Hall–Kier alpha value is -4.20. The Balaban J connectivity index is 1.53. The molecule has 0 bridgehead atoms. The number of piperidine rings is 1. The Morgan fingerprint density at radius 1 is 0.944 bits per heavy atom. The van der Waals surface area contributed by atoms with Crippen LogP contribution in [0.25, 0.3) is 28.2 Å². The van der Waals surface area contributed by atoms with E-state index >= 15 is 0 Å². The first-order valence-corrected chi connectivity index (χ1v) is 12.1. The second-order valence-corrected chi connectivity index (χ2v) is 8.74. The second-order valence-electron chi connectivity index (χ2n) is 8.74. The summed E-state index contributed by atoms with van der Waals surface area (Å²) in [6, 6.07) is 21.1. The van der Waals surface area contributed by atoms with E-state index in [1.165, 1.54) is 0 Å². The van der Waals surface area contributed by atoms with E-state index in [0.717, 1.165) is 16.8 Å². The molecule has 1 saturated heterocycles. The average molecular weight is 485 g/mol. The SMILES string of the molecule is CCOC(=O)C1CCN(C(=O)c2cc(-c3cccc(OC)c3)nc3cc(-c4ccccc4)nn23)CC1. The number of nitrogens with zero attached hydrogens (tertiary/aromatic N) is 4. The maximum Gasteiger partial charge on any atom is 0.309 e. The first-order chi connectivity index (χ1) is 17.6. The molecule has 4 aromatic rings. The predicted octanol–water partition coefficient (Wildman–Crippen LogP) is 4.49. The number of rotatable bonds is 6. The molecule has 0 atom stereocenters. The van der Waals surface area contributed by atoms with Gasteiger partial charge in [0, 0.05) is 30.3 Å². The highest BCUT2D eigenvalue weighted by molar-refractivity contribution is 5.94. The van der Waals surface area contributed by atoms with E-state index in [1.54, 1.807) is 29.5 Å². The number of benzene rings is 2. The minimum absolute atomic E-state index is 0.142. The van der Waals surface area contributed by atoms with Crippen LogP contribution in [0.5, 0.6) is 5.75 Å². The van der Waals surface area contributed by atoms with Gasteiger partial charge in [-0.15, -0.1) is 0 Å². The Morgan fingerprint density at radius 3 is 2.42 bits per heavy atom. The largest absolute Gasteiger partial charge is 0.497 e. The quantitative estimate of drug-likeness (QED) is 0.375. The zero-order valence-electron chi connectivity index (χ0n) is 20.4. The summed E-state index contributed by atoms with van der Waals surface area (Å²) in [6.07, 6.45) is 1.16. The molecule has 3 heterocycles. The number of carbonyl (C=O) groups is 2. The lowest BCUT2D eigenvalue weighted by molar-refractivity contribution is -0.149. The van der Waals surface area contributed by atoms with Gasteiger partial charge < -0.3 is 14.4 Å². The Bertz CT molecular complexity index is 1390. The lowest BCUT2D eigenvalue weighted by Gasteiger charge is -2.31. The molecule has 0 spiro atoms. The van der Waals surface area contributed by atoms with E-state index in [4.69, 9.17) is 19.6 Å². The summed E-state index contributed by atoms with van der Waals surface area (Å²) in [5.41, 5.74) is 4.19. The summed E-state index contributed by atoms with van der Waals surface area (Å²) in [4.78, 5) is 32.5. The van der Waals surface area contributed by atoms with E-state index in [0.29, 0.717) is 55.3 Å². The molecule has 8 heteroatoms. The van der Waals surface area contributed by atoms with Gasteiger partial charge in [0.1, 0.15) is 11.4 Å². The topological polar surface area (TPSA) is 86.0 Å². The molecular weight excluding hydrogens is 456 g/mol. The van der Waals surface area contributed by atoms with Gasteiger partial charge in [-0.05, 0) is 38.0 Å². The summed E-state index contributed by atoms with van der Waals surface area (Å²) in [6.45, 7) is 3.13. The maximum atomic E-state index is 13.8. The number of esters is 1. The van der Waals surface area contributed by atoms with E-state index < -0.39 is 0 Å². The van der Waals surface area contributed by atoms with Crippen LogP contribution in [0.1, 0.15) is 30.3 Å². The highest BCUT2D eigenvalue weighted by Crippen LogP contribution is 2.28. The fraction of sp³-hybridized carbons (Fsp3) is 0.286. The molecule has 8 nitrogen and oxygen atoms in total. The van der Waals surface area contributed by atoms with Crippen LogP contribution in [0.15, 0.2) is 66.7 Å². The van der Waals surface area contributed by atoms with Gasteiger partial charge >= 0.3 is 5.97 Å². The van der Waals surface area contributed by atoms with Crippen LogP contribution in [0, 0.1) is 5.92 Å². The molecule has 2 aromatic carbocycles. The standard InChI is InChI=1S/C28H28N4O4/c1-3-36-28(34)20-12-14-31(15-13-20)27(33)25-17-23(21-10-7-11-22(16-21)35-2)29-26-18-24(30-32(25)26)19-8-5-4-6-9-19/h4-11,16-18,20H,3,12-15H2,1-2H3. The minimum atomic E-state index is -0.184. The van der Waals surface area contributed by atoms with Crippen molar-refractivity contribution in [3.05, 3.63) is 72.4 Å². The molecule has 0 radical (unpaired) electrons. The molecule has 1 aliphatic rings. The fourth-order valence-corrected chi connectivity index (χ4v) is 4.55. The molecule has 184 valence electrons. The van der Waals surface area contributed by atoms with E-state index in [1.807, 2.05) is 60.7 Å². The van der Waals surface area contributed by atoms with Crippen LogP contribution in [0.2, 0.25) is 0 Å². The van der Waals surface area contributed by atoms with Gasteiger partial charge in [0.15, 0.2) is 5.65 Å². The summed E-state index contributed by atoms with van der Waals surface area (Å²) in [5, 5.41) is 4.74. The highest BCUT2D eigenvalue weighted by Gasteiger charge is 2.30. The molecule has 36 heavy (non-hydrogen) atoms. The molecule has 0 N–H and O–H groups in total. The number of carbonyl (C=O) groups excluding carboxylic acids is 2. The van der Waals surface area contributed by atoms with Crippen LogP contribution in [-0.2, 0) is 9.53 Å². The molecule has 2 aromatic heterocycles. The zero-order chi connectivity index (χ0) is 25.1. The van der Waals surface area contributed by atoms with Gasteiger partial charge in [0.05, 0.1) is 31.0 Å². The smallest absolute Gasteiger partial charge is 0.309 e. The van der Waals surface area contributed by atoms with Crippen LogP contribution in [-0.4, -0.2) is 58.2 Å². The van der Waals surface area contributed by atoms with Crippen molar-refractivity contribution in [3.8, 4) is 28.3 Å². The van der Waals surface area contributed by atoms with Crippen molar-refractivity contribution < 1.29 is 19.1 Å².